The fraction of sp³-hybridized carbons (Fsp3) is 0.318. The Morgan fingerprint density at radius 1 is 1.21 bits per heavy atom. The maximum Gasteiger partial charge on any atom is 0.225 e. The number of benzene rings is 2. The van der Waals surface area contributed by atoms with Gasteiger partial charge in [-0.25, -0.2) is 4.98 Å². The van der Waals surface area contributed by atoms with Crippen LogP contribution in [0.15, 0.2) is 55.0 Å². The Morgan fingerprint density at radius 2 is 2.07 bits per heavy atom. The molecule has 6 heteroatoms. The van der Waals surface area contributed by atoms with Crippen LogP contribution in [0.4, 0.5) is 5.82 Å². The average Bonchev–Trinajstić information content (AvgIpc) is 2.77. The molecule has 1 aromatic heterocycles. The van der Waals surface area contributed by atoms with Gasteiger partial charge in [-0.1, -0.05) is 18.2 Å². The van der Waals surface area contributed by atoms with Crippen molar-refractivity contribution in [2.75, 3.05) is 25.1 Å². The van der Waals surface area contributed by atoms with Crippen molar-refractivity contribution >= 4 is 22.5 Å². The van der Waals surface area contributed by atoms with Crippen molar-refractivity contribution in [3.8, 4) is 5.75 Å². The minimum absolute atomic E-state index is 0.0273. The molecule has 1 atom stereocenters. The van der Waals surface area contributed by atoms with Gasteiger partial charge in [0.2, 0.25) is 5.91 Å². The molecular weight excluding hydrogens is 352 g/mol. The molecule has 1 amide bonds. The van der Waals surface area contributed by atoms with E-state index in [0.29, 0.717) is 13.1 Å². The van der Waals surface area contributed by atoms with Crippen LogP contribution in [0.1, 0.15) is 18.4 Å². The standard InChI is InChI=1S/C22H24N4O2/c1-28-20-7-6-17-11-16(4-5-18(17)12-20)13-25-22(27)19-3-2-10-26(15-19)21-14-23-8-9-24-21/h4-9,11-12,14,19H,2-3,10,13,15H2,1H3,(H,25,27). The van der Waals surface area contributed by atoms with Crippen molar-refractivity contribution in [1.82, 2.24) is 15.3 Å². The molecule has 1 saturated heterocycles. The normalized spacial score (nSPS) is 16.8. The van der Waals surface area contributed by atoms with Gasteiger partial charge in [0.05, 0.1) is 19.2 Å². The number of hydrogen-bond donors (Lipinski definition) is 1. The second kappa shape index (κ2) is 8.25. The van der Waals surface area contributed by atoms with Crippen LogP contribution in [-0.2, 0) is 11.3 Å². The fourth-order valence-electron chi connectivity index (χ4n) is 3.70. The molecule has 1 N–H and O–H groups in total. The summed E-state index contributed by atoms with van der Waals surface area (Å²) >= 11 is 0. The van der Waals surface area contributed by atoms with Crippen LogP contribution in [0, 0.1) is 5.92 Å². The molecule has 0 aliphatic carbocycles. The predicted octanol–water partition coefficient (Wildman–Crippen LogP) is 3.17. The molecule has 1 aliphatic heterocycles. The van der Waals surface area contributed by atoms with Crippen LogP contribution in [0.25, 0.3) is 10.8 Å². The first-order chi connectivity index (χ1) is 13.7. The molecule has 1 fully saturated rings. The van der Waals surface area contributed by atoms with Crippen LogP contribution >= 0.6 is 0 Å². The predicted molar refractivity (Wildman–Crippen MR) is 109 cm³/mol. The van der Waals surface area contributed by atoms with Gasteiger partial charge < -0.3 is 15.0 Å². The molecule has 28 heavy (non-hydrogen) atoms. The third-order valence-corrected chi connectivity index (χ3v) is 5.24. The van der Waals surface area contributed by atoms with Crippen LogP contribution in [0.2, 0.25) is 0 Å². The molecule has 2 heterocycles. The highest BCUT2D eigenvalue weighted by atomic mass is 16.5. The Morgan fingerprint density at radius 3 is 2.89 bits per heavy atom. The highest BCUT2D eigenvalue weighted by Gasteiger charge is 2.26. The number of nitrogens with zero attached hydrogens (tertiary/aromatic N) is 3. The molecule has 6 nitrogen and oxygen atoms in total. The van der Waals surface area contributed by atoms with E-state index in [0.717, 1.165) is 47.3 Å². The first kappa shape index (κ1) is 18.2. The average molecular weight is 376 g/mol. The van der Waals surface area contributed by atoms with Crippen LogP contribution in [0.3, 0.4) is 0 Å². The number of rotatable bonds is 5. The SMILES string of the molecule is COc1ccc2cc(CNC(=O)C3CCCN(c4cnccn4)C3)ccc2c1. The van der Waals surface area contributed by atoms with E-state index >= 15 is 0 Å². The van der Waals surface area contributed by atoms with Crippen molar-refractivity contribution in [2.45, 2.75) is 19.4 Å². The van der Waals surface area contributed by atoms with Gasteiger partial charge in [0.1, 0.15) is 11.6 Å². The molecule has 0 radical (unpaired) electrons. The second-order valence-corrected chi connectivity index (χ2v) is 7.11. The number of anilines is 1. The lowest BCUT2D eigenvalue weighted by Gasteiger charge is -2.32. The number of ether oxygens (including phenoxy) is 1. The maximum absolute atomic E-state index is 12.7. The van der Waals surface area contributed by atoms with Gasteiger partial charge in [0.15, 0.2) is 0 Å². The first-order valence-electron chi connectivity index (χ1n) is 9.58. The molecule has 2 aromatic carbocycles. The van der Waals surface area contributed by atoms with E-state index in [4.69, 9.17) is 4.74 Å². The molecular formula is C22H24N4O2. The quantitative estimate of drug-likeness (QED) is 0.741. The highest BCUT2D eigenvalue weighted by Crippen LogP contribution is 2.23. The first-order valence-corrected chi connectivity index (χ1v) is 9.58. The largest absolute Gasteiger partial charge is 0.497 e. The third-order valence-electron chi connectivity index (χ3n) is 5.24. The lowest BCUT2D eigenvalue weighted by atomic mass is 9.97. The summed E-state index contributed by atoms with van der Waals surface area (Å²) in [5.74, 6) is 1.76. The number of carbonyl (C=O) groups is 1. The van der Waals surface area contributed by atoms with Gasteiger partial charge in [-0.15, -0.1) is 0 Å². The van der Waals surface area contributed by atoms with Crippen molar-refractivity contribution in [3.63, 3.8) is 0 Å². The lowest BCUT2D eigenvalue weighted by Crippen LogP contribution is -2.43. The third kappa shape index (κ3) is 4.06. The van der Waals surface area contributed by atoms with Crippen molar-refractivity contribution in [3.05, 3.63) is 60.6 Å². The number of piperidine rings is 1. The second-order valence-electron chi connectivity index (χ2n) is 7.11. The summed E-state index contributed by atoms with van der Waals surface area (Å²) in [6.07, 6.45) is 6.99. The molecule has 0 saturated carbocycles. The number of fused-ring (bicyclic) bond motifs is 1. The van der Waals surface area contributed by atoms with E-state index in [1.54, 1.807) is 25.7 Å². The number of carbonyl (C=O) groups excluding carboxylic acids is 1. The summed E-state index contributed by atoms with van der Waals surface area (Å²) in [7, 11) is 1.67. The molecule has 4 rings (SSSR count). The van der Waals surface area contributed by atoms with Crippen molar-refractivity contribution < 1.29 is 9.53 Å². The van der Waals surface area contributed by atoms with E-state index in [1.165, 1.54) is 0 Å². The summed E-state index contributed by atoms with van der Waals surface area (Å²) in [6.45, 7) is 2.13. The number of methoxy groups -OCH3 is 1. The smallest absolute Gasteiger partial charge is 0.225 e. The molecule has 144 valence electrons. The van der Waals surface area contributed by atoms with E-state index < -0.39 is 0 Å². The summed E-state index contributed by atoms with van der Waals surface area (Å²) in [4.78, 5) is 23.3. The van der Waals surface area contributed by atoms with Crippen LogP contribution in [-0.4, -0.2) is 36.1 Å². The molecule has 1 aliphatic rings. The van der Waals surface area contributed by atoms with Gasteiger partial charge in [-0.05, 0) is 47.4 Å². The zero-order valence-electron chi connectivity index (χ0n) is 16.0. The summed E-state index contributed by atoms with van der Waals surface area (Å²) in [5, 5.41) is 5.37. The molecule has 1 unspecified atom stereocenters. The van der Waals surface area contributed by atoms with E-state index in [1.807, 2.05) is 18.2 Å². The lowest BCUT2D eigenvalue weighted by molar-refractivity contribution is -0.125. The summed E-state index contributed by atoms with van der Waals surface area (Å²) in [5.41, 5.74) is 1.09. The van der Waals surface area contributed by atoms with Gasteiger partial charge >= 0.3 is 0 Å². The molecule has 0 bridgehead atoms. The number of amides is 1. The summed E-state index contributed by atoms with van der Waals surface area (Å²) in [6, 6.07) is 12.2. The van der Waals surface area contributed by atoms with Crippen molar-refractivity contribution in [1.29, 1.82) is 0 Å². The zero-order chi connectivity index (χ0) is 19.3. The van der Waals surface area contributed by atoms with Crippen LogP contribution < -0.4 is 15.0 Å². The van der Waals surface area contributed by atoms with E-state index in [9.17, 15) is 4.79 Å². The minimum Gasteiger partial charge on any atom is -0.497 e. The molecule has 0 spiro atoms. The van der Waals surface area contributed by atoms with Gasteiger partial charge in [0, 0.05) is 32.0 Å². The van der Waals surface area contributed by atoms with Crippen LogP contribution in [0.5, 0.6) is 5.75 Å². The minimum atomic E-state index is -0.0273. The van der Waals surface area contributed by atoms with Gasteiger partial charge in [-0.2, -0.15) is 0 Å². The van der Waals surface area contributed by atoms with Gasteiger partial charge in [-0.3, -0.25) is 9.78 Å². The monoisotopic (exact) mass is 376 g/mol. The topological polar surface area (TPSA) is 67.3 Å². The Bertz CT molecular complexity index is 961. The van der Waals surface area contributed by atoms with Gasteiger partial charge in [0.25, 0.3) is 0 Å². The Kier molecular flexibility index (Phi) is 5.37. The number of hydrogen-bond acceptors (Lipinski definition) is 5. The molecule has 3 aromatic rings. The Labute approximate surface area is 164 Å². The highest BCUT2D eigenvalue weighted by molar-refractivity contribution is 5.85. The Balaban J connectivity index is 1.38. The number of nitrogens with one attached hydrogen (secondary N) is 1. The summed E-state index contributed by atoms with van der Waals surface area (Å²) < 4.78 is 5.27. The number of aromatic nitrogens is 2. The van der Waals surface area contributed by atoms with E-state index in [2.05, 4.69) is 38.4 Å². The zero-order valence-corrected chi connectivity index (χ0v) is 16.0. The Hall–Kier alpha value is -3.15. The van der Waals surface area contributed by atoms with Crippen molar-refractivity contribution in [2.24, 2.45) is 5.92 Å². The van der Waals surface area contributed by atoms with E-state index in [-0.39, 0.29) is 11.8 Å². The maximum atomic E-state index is 12.7. The fourth-order valence-corrected chi connectivity index (χ4v) is 3.70.